The minimum absolute atomic E-state index is 0.621. The van der Waals surface area contributed by atoms with Crippen LogP contribution in [0.25, 0.3) is 0 Å². The largest absolute Gasteiger partial charge is 0.289 e. The Bertz CT molecular complexity index is 94.5. The highest BCUT2D eigenvalue weighted by Crippen LogP contribution is 1.78. The fourth-order valence-corrected chi connectivity index (χ4v) is 0.239. The van der Waals surface area contributed by atoms with E-state index in [-0.39, 0.29) is 0 Å². The number of hydrogen-bond acceptors (Lipinski definition) is 1. The molecule has 0 aromatic rings. The summed E-state index contributed by atoms with van der Waals surface area (Å²) in [6, 6.07) is 0. The van der Waals surface area contributed by atoms with Gasteiger partial charge in [0.05, 0.1) is 0 Å². The Balaban J connectivity index is 3.07. The summed E-state index contributed by atoms with van der Waals surface area (Å²) < 4.78 is 0. The molecule has 0 heterocycles. The summed E-state index contributed by atoms with van der Waals surface area (Å²) >= 11 is 0. The minimum Gasteiger partial charge on any atom is -0.289 e. The molecule has 0 aromatic heterocycles. The third kappa shape index (κ3) is 5.23. The van der Waals surface area contributed by atoms with Crippen LogP contribution in [0.15, 0.2) is 0 Å². The first-order valence-corrected chi connectivity index (χ1v) is 2.34. The van der Waals surface area contributed by atoms with Gasteiger partial charge in [-0.3, -0.25) is 4.79 Å². The van der Waals surface area contributed by atoms with E-state index >= 15 is 0 Å². The molecule has 38 valence electrons. The Labute approximate surface area is 43.7 Å². The molecule has 0 unspecified atom stereocenters. The molecule has 0 aliphatic rings. The Morgan fingerprint density at radius 3 is 2.86 bits per heavy atom. The molecule has 0 aliphatic carbocycles. The maximum Gasteiger partial charge on any atom is 0.192 e. The predicted molar refractivity (Wildman–Crippen MR) is 28.7 cm³/mol. The van der Waals surface area contributed by atoms with Crippen LogP contribution in [-0.4, -0.2) is 6.29 Å². The fourth-order valence-electron chi connectivity index (χ4n) is 0.239. The molecule has 0 fully saturated rings. The number of hydrogen-bond donors (Lipinski definition) is 0. The van der Waals surface area contributed by atoms with Gasteiger partial charge < -0.3 is 0 Å². The number of aldehydes is 1. The number of rotatable bonds is 1. The van der Waals surface area contributed by atoms with Crippen molar-refractivity contribution in [3.63, 3.8) is 0 Å². The van der Waals surface area contributed by atoms with Crippen molar-refractivity contribution < 1.29 is 4.79 Å². The maximum atomic E-state index is 9.51. The van der Waals surface area contributed by atoms with Crippen molar-refractivity contribution in [1.29, 1.82) is 0 Å². The van der Waals surface area contributed by atoms with Crippen LogP contribution in [0.2, 0.25) is 0 Å². The van der Waals surface area contributed by atoms with Crippen molar-refractivity contribution in [1.82, 2.24) is 0 Å². The average molecular weight is 96.1 g/mol. The molecule has 0 saturated carbocycles. The van der Waals surface area contributed by atoms with Gasteiger partial charge in [0.25, 0.3) is 0 Å². The van der Waals surface area contributed by atoms with Crippen molar-refractivity contribution in [3.8, 4) is 11.8 Å². The van der Waals surface area contributed by atoms with Crippen molar-refractivity contribution in [2.45, 2.75) is 19.8 Å². The Morgan fingerprint density at radius 1 is 1.71 bits per heavy atom. The maximum absolute atomic E-state index is 9.51. The van der Waals surface area contributed by atoms with Crippen LogP contribution in [0, 0.1) is 11.8 Å². The quantitative estimate of drug-likeness (QED) is 0.351. The second-order valence-electron chi connectivity index (χ2n) is 1.19. The first-order chi connectivity index (χ1) is 3.41. The van der Waals surface area contributed by atoms with Crippen LogP contribution in [0.4, 0.5) is 0 Å². The summed E-state index contributed by atoms with van der Waals surface area (Å²) in [4.78, 5) is 9.51. The van der Waals surface area contributed by atoms with Gasteiger partial charge in [0.2, 0.25) is 0 Å². The molecular formula is C6H8O. The second-order valence-corrected chi connectivity index (χ2v) is 1.19. The van der Waals surface area contributed by atoms with E-state index in [4.69, 9.17) is 0 Å². The van der Waals surface area contributed by atoms with Gasteiger partial charge in [0.15, 0.2) is 6.29 Å². The van der Waals surface area contributed by atoms with Gasteiger partial charge in [0.1, 0.15) is 0 Å². The molecule has 0 aliphatic heterocycles. The lowest BCUT2D eigenvalue weighted by atomic mass is 10.3. The average Bonchev–Trinajstić information content (AvgIpc) is 1.69. The molecular weight excluding hydrogens is 88.1 g/mol. The molecule has 0 radical (unpaired) electrons. The summed E-state index contributed by atoms with van der Waals surface area (Å²) in [5.41, 5.74) is 0. The molecule has 0 amide bonds. The molecule has 0 spiro atoms. The van der Waals surface area contributed by atoms with Crippen molar-refractivity contribution in [2.24, 2.45) is 0 Å². The van der Waals surface area contributed by atoms with Gasteiger partial charge in [-0.25, -0.2) is 0 Å². The topological polar surface area (TPSA) is 17.1 Å². The third-order valence-corrected chi connectivity index (χ3v) is 0.536. The van der Waals surface area contributed by atoms with Crippen LogP contribution in [0.3, 0.4) is 0 Å². The van der Waals surface area contributed by atoms with Gasteiger partial charge >= 0.3 is 0 Å². The summed E-state index contributed by atoms with van der Waals surface area (Å²) in [6.45, 7) is 2.03. The number of carbonyl (C=O) groups excluding carboxylic acids is 1. The van der Waals surface area contributed by atoms with Crippen LogP contribution in [0.1, 0.15) is 19.8 Å². The molecule has 0 aromatic carbocycles. The van der Waals surface area contributed by atoms with Gasteiger partial charge in [-0.05, 0) is 12.3 Å². The lowest BCUT2D eigenvalue weighted by Crippen LogP contribution is -1.62. The number of carbonyl (C=O) groups is 1. The normalized spacial score (nSPS) is 6.43. The summed E-state index contributed by atoms with van der Waals surface area (Å²) in [5, 5.41) is 0. The molecule has 1 heteroatoms. The van der Waals surface area contributed by atoms with Crippen molar-refractivity contribution >= 4 is 6.29 Å². The molecule has 0 atom stereocenters. The second kappa shape index (κ2) is 5.23. The van der Waals surface area contributed by atoms with Gasteiger partial charge in [-0.2, -0.15) is 0 Å². The van der Waals surface area contributed by atoms with Crippen molar-refractivity contribution in [3.05, 3.63) is 0 Å². The third-order valence-electron chi connectivity index (χ3n) is 0.536. The van der Waals surface area contributed by atoms with Gasteiger partial charge in [0, 0.05) is 6.42 Å². The molecule has 0 bridgehead atoms. The molecule has 0 N–H and O–H groups in total. The van der Waals surface area contributed by atoms with E-state index in [9.17, 15) is 4.79 Å². The highest BCUT2D eigenvalue weighted by Gasteiger charge is 1.65. The Morgan fingerprint density at radius 2 is 2.43 bits per heavy atom. The zero-order chi connectivity index (χ0) is 5.54. The molecule has 0 saturated heterocycles. The first-order valence-electron chi connectivity index (χ1n) is 2.34. The van der Waals surface area contributed by atoms with E-state index < -0.39 is 0 Å². The van der Waals surface area contributed by atoms with E-state index in [1.807, 2.05) is 6.92 Å². The number of unbranched alkanes of at least 4 members (excludes halogenated alkanes) is 1. The van der Waals surface area contributed by atoms with Crippen LogP contribution in [0.5, 0.6) is 0 Å². The predicted octanol–water partition coefficient (Wildman–Crippen LogP) is 0.989. The van der Waals surface area contributed by atoms with E-state index in [2.05, 4.69) is 11.8 Å². The standard InChI is InChI=1S/C6H8O/c1-2-3-4-5-6-7/h6H,2-3H2,1H3. The highest BCUT2D eigenvalue weighted by molar-refractivity contribution is 5.72. The molecule has 7 heavy (non-hydrogen) atoms. The summed E-state index contributed by atoms with van der Waals surface area (Å²) in [7, 11) is 0. The van der Waals surface area contributed by atoms with Crippen LogP contribution >= 0.6 is 0 Å². The monoisotopic (exact) mass is 96.1 g/mol. The summed E-state index contributed by atoms with van der Waals surface area (Å²) in [5.74, 6) is 4.99. The van der Waals surface area contributed by atoms with Crippen LogP contribution < -0.4 is 0 Å². The zero-order valence-corrected chi connectivity index (χ0v) is 4.40. The molecule has 1 nitrogen and oxygen atoms in total. The van der Waals surface area contributed by atoms with E-state index in [0.717, 1.165) is 12.8 Å². The van der Waals surface area contributed by atoms with E-state index in [1.54, 1.807) is 0 Å². The lowest BCUT2D eigenvalue weighted by molar-refractivity contribution is -0.103. The Hall–Kier alpha value is -0.770. The molecule has 0 rings (SSSR count). The van der Waals surface area contributed by atoms with Gasteiger partial charge in [-0.15, -0.1) is 0 Å². The lowest BCUT2D eigenvalue weighted by Gasteiger charge is -1.71. The van der Waals surface area contributed by atoms with Crippen LogP contribution in [-0.2, 0) is 4.79 Å². The smallest absolute Gasteiger partial charge is 0.192 e. The van der Waals surface area contributed by atoms with E-state index in [0.29, 0.717) is 6.29 Å². The minimum atomic E-state index is 0.621. The summed E-state index contributed by atoms with van der Waals surface area (Å²) in [6.07, 6.45) is 2.48. The SMILES string of the molecule is CCCC#CC=O. The first kappa shape index (κ1) is 6.23. The Kier molecular flexibility index (Phi) is 4.65. The highest BCUT2D eigenvalue weighted by atomic mass is 16.1. The van der Waals surface area contributed by atoms with E-state index in [1.165, 1.54) is 0 Å². The van der Waals surface area contributed by atoms with Gasteiger partial charge in [-0.1, -0.05) is 12.8 Å². The fraction of sp³-hybridized carbons (Fsp3) is 0.500. The zero-order valence-electron chi connectivity index (χ0n) is 4.40. The van der Waals surface area contributed by atoms with Crippen molar-refractivity contribution in [2.75, 3.05) is 0 Å².